The highest BCUT2D eigenvalue weighted by atomic mass is 16.7. The summed E-state index contributed by atoms with van der Waals surface area (Å²) >= 11 is 0. The lowest BCUT2D eigenvalue weighted by Crippen LogP contribution is -2.24. The lowest BCUT2D eigenvalue weighted by molar-refractivity contribution is -0.118. The summed E-state index contributed by atoms with van der Waals surface area (Å²) < 4.78 is 9.65. The number of hydrogen-bond acceptors (Lipinski definition) is 5. The minimum atomic E-state index is -0.792. The molecule has 0 aromatic heterocycles. The molecule has 2 amide bonds. The number of benzene rings is 2. The van der Waals surface area contributed by atoms with Crippen molar-refractivity contribution >= 4 is 23.7 Å². The molecule has 0 bridgehead atoms. The van der Waals surface area contributed by atoms with Crippen LogP contribution in [-0.4, -0.2) is 24.6 Å². The topological polar surface area (TPSA) is 93.7 Å². The van der Waals surface area contributed by atoms with E-state index in [0.29, 0.717) is 11.3 Å². The first-order chi connectivity index (χ1) is 13.4. The molecule has 7 nitrogen and oxygen atoms in total. The molecule has 0 atom stereocenters. The quantitative estimate of drug-likeness (QED) is 0.560. The van der Waals surface area contributed by atoms with Crippen molar-refractivity contribution in [2.75, 3.05) is 11.9 Å². The highest BCUT2D eigenvalue weighted by molar-refractivity contribution is 5.95. The number of nitrogens with one attached hydrogen (secondary N) is 2. The zero-order chi connectivity index (χ0) is 20.5. The van der Waals surface area contributed by atoms with Gasteiger partial charge in [0.25, 0.3) is 5.91 Å². The van der Waals surface area contributed by atoms with Gasteiger partial charge in [-0.25, -0.2) is 4.79 Å². The molecule has 0 aliphatic heterocycles. The zero-order valence-electron chi connectivity index (χ0n) is 16.2. The van der Waals surface area contributed by atoms with Crippen LogP contribution in [0.1, 0.15) is 36.7 Å². The van der Waals surface area contributed by atoms with Crippen molar-refractivity contribution in [3.05, 3.63) is 59.7 Å². The van der Waals surface area contributed by atoms with Gasteiger partial charge in [-0.2, -0.15) is 0 Å². The molecule has 2 N–H and O–H groups in total. The number of ether oxygens (including phenoxy) is 2. The van der Waals surface area contributed by atoms with E-state index in [0.717, 1.165) is 5.56 Å². The molecular weight excluding hydrogens is 360 g/mol. The van der Waals surface area contributed by atoms with Crippen molar-refractivity contribution in [2.24, 2.45) is 5.92 Å². The Labute approximate surface area is 164 Å². The fraction of sp³-hybridized carbons (Fsp3) is 0.286. The molecule has 0 aliphatic carbocycles. The van der Waals surface area contributed by atoms with E-state index >= 15 is 0 Å². The summed E-state index contributed by atoms with van der Waals surface area (Å²) in [5.74, 6) is -0.224. The Morgan fingerprint density at radius 2 is 1.68 bits per heavy atom. The molecule has 28 heavy (non-hydrogen) atoms. The summed E-state index contributed by atoms with van der Waals surface area (Å²) in [6.45, 7) is 5.79. The molecule has 0 fully saturated rings. The summed E-state index contributed by atoms with van der Waals surface area (Å²) in [6.07, 6.45) is -0.792. The van der Waals surface area contributed by atoms with Crippen molar-refractivity contribution in [3.8, 4) is 5.75 Å². The van der Waals surface area contributed by atoms with E-state index in [2.05, 4.69) is 10.6 Å². The van der Waals surface area contributed by atoms with Crippen LogP contribution in [0.2, 0.25) is 0 Å². The number of carbonyl (C=O) groups is 3. The normalized spacial score (nSPS) is 10.3. The van der Waals surface area contributed by atoms with Gasteiger partial charge in [-0.05, 0) is 42.8 Å². The number of anilines is 1. The second-order valence-corrected chi connectivity index (χ2v) is 6.29. The highest BCUT2D eigenvalue weighted by Gasteiger charge is 2.12. The molecule has 7 heteroatoms. The van der Waals surface area contributed by atoms with Crippen LogP contribution in [0.5, 0.6) is 5.75 Å². The monoisotopic (exact) mass is 384 g/mol. The van der Waals surface area contributed by atoms with E-state index in [-0.39, 0.29) is 36.6 Å². The van der Waals surface area contributed by atoms with Crippen molar-refractivity contribution in [3.63, 3.8) is 0 Å². The molecule has 2 aromatic carbocycles. The number of carbonyl (C=O) groups excluding carboxylic acids is 3. The standard InChI is InChI=1S/C21H24N2O5/c1-4-27-21(26)28-17-11-9-15(10-12-17)20(25)22-13-16-7-5-6-8-18(16)23-19(24)14(2)3/h5-12,14H,4,13H2,1-3H3,(H,22,25)(H,23,24). The fourth-order valence-electron chi connectivity index (χ4n) is 2.27. The van der Waals surface area contributed by atoms with Crippen LogP contribution < -0.4 is 15.4 Å². The number of amides is 2. The Balaban J connectivity index is 1.97. The van der Waals surface area contributed by atoms with E-state index in [9.17, 15) is 14.4 Å². The third kappa shape index (κ3) is 6.12. The maximum absolute atomic E-state index is 12.4. The van der Waals surface area contributed by atoms with Crippen LogP contribution in [0.15, 0.2) is 48.5 Å². The second kappa shape index (κ2) is 10.1. The summed E-state index contributed by atoms with van der Waals surface area (Å²) in [6, 6.07) is 13.4. The first kappa shape index (κ1) is 21.0. The Morgan fingerprint density at radius 3 is 2.32 bits per heavy atom. The average Bonchev–Trinajstić information content (AvgIpc) is 2.67. The van der Waals surface area contributed by atoms with Crippen molar-refractivity contribution in [1.29, 1.82) is 0 Å². The van der Waals surface area contributed by atoms with Crippen LogP contribution >= 0.6 is 0 Å². The maximum atomic E-state index is 12.4. The Morgan fingerprint density at radius 1 is 1.00 bits per heavy atom. The number of para-hydroxylation sites is 1. The van der Waals surface area contributed by atoms with E-state index in [1.165, 1.54) is 12.1 Å². The Kier molecular flexibility index (Phi) is 7.56. The van der Waals surface area contributed by atoms with E-state index in [1.54, 1.807) is 25.1 Å². The first-order valence-electron chi connectivity index (χ1n) is 9.02. The Hall–Kier alpha value is -3.35. The van der Waals surface area contributed by atoms with E-state index in [1.807, 2.05) is 32.0 Å². The highest BCUT2D eigenvalue weighted by Crippen LogP contribution is 2.17. The molecule has 0 spiro atoms. The molecule has 2 rings (SSSR count). The van der Waals surface area contributed by atoms with Gasteiger partial charge >= 0.3 is 6.16 Å². The summed E-state index contributed by atoms with van der Waals surface area (Å²) in [7, 11) is 0. The van der Waals surface area contributed by atoms with Gasteiger partial charge in [0.1, 0.15) is 5.75 Å². The number of rotatable bonds is 7. The van der Waals surface area contributed by atoms with Gasteiger partial charge in [-0.3, -0.25) is 9.59 Å². The van der Waals surface area contributed by atoms with Crippen LogP contribution in [-0.2, 0) is 16.1 Å². The minimum Gasteiger partial charge on any atom is -0.434 e. The van der Waals surface area contributed by atoms with E-state index < -0.39 is 6.16 Å². The molecule has 148 valence electrons. The predicted octanol–water partition coefficient (Wildman–Crippen LogP) is 3.75. The van der Waals surface area contributed by atoms with Crippen LogP contribution in [0.3, 0.4) is 0 Å². The van der Waals surface area contributed by atoms with Crippen LogP contribution in [0, 0.1) is 5.92 Å². The average molecular weight is 384 g/mol. The second-order valence-electron chi connectivity index (χ2n) is 6.29. The molecular formula is C21H24N2O5. The zero-order valence-corrected chi connectivity index (χ0v) is 16.2. The summed E-state index contributed by atoms with van der Waals surface area (Å²) in [4.78, 5) is 35.6. The summed E-state index contributed by atoms with van der Waals surface area (Å²) in [5.41, 5.74) is 1.88. The first-order valence-corrected chi connectivity index (χ1v) is 9.02. The van der Waals surface area contributed by atoms with Gasteiger partial charge in [0, 0.05) is 23.7 Å². The van der Waals surface area contributed by atoms with Crippen LogP contribution in [0.4, 0.5) is 10.5 Å². The van der Waals surface area contributed by atoms with Gasteiger partial charge in [-0.15, -0.1) is 0 Å². The largest absolute Gasteiger partial charge is 0.513 e. The van der Waals surface area contributed by atoms with Crippen LogP contribution in [0.25, 0.3) is 0 Å². The predicted molar refractivity (Wildman–Crippen MR) is 105 cm³/mol. The van der Waals surface area contributed by atoms with Gasteiger partial charge < -0.3 is 20.1 Å². The molecule has 0 saturated heterocycles. The molecule has 0 unspecified atom stereocenters. The van der Waals surface area contributed by atoms with Crippen molar-refractivity contribution in [2.45, 2.75) is 27.3 Å². The van der Waals surface area contributed by atoms with Gasteiger partial charge in [0.05, 0.1) is 6.61 Å². The SMILES string of the molecule is CCOC(=O)Oc1ccc(C(=O)NCc2ccccc2NC(=O)C(C)C)cc1. The third-order valence-electron chi connectivity index (χ3n) is 3.82. The smallest absolute Gasteiger partial charge is 0.434 e. The molecule has 0 saturated carbocycles. The van der Waals surface area contributed by atoms with Crippen molar-refractivity contribution < 1.29 is 23.9 Å². The lowest BCUT2D eigenvalue weighted by Gasteiger charge is -2.13. The number of hydrogen-bond donors (Lipinski definition) is 2. The van der Waals surface area contributed by atoms with Gasteiger partial charge in [-0.1, -0.05) is 32.0 Å². The van der Waals surface area contributed by atoms with E-state index in [4.69, 9.17) is 9.47 Å². The maximum Gasteiger partial charge on any atom is 0.513 e. The molecule has 0 heterocycles. The minimum absolute atomic E-state index is 0.0871. The summed E-state index contributed by atoms with van der Waals surface area (Å²) in [5, 5.41) is 5.67. The van der Waals surface area contributed by atoms with Gasteiger partial charge in [0.2, 0.25) is 5.91 Å². The Bertz CT molecular complexity index is 831. The molecule has 0 radical (unpaired) electrons. The van der Waals surface area contributed by atoms with Crippen molar-refractivity contribution in [1.82, 2.24) is 5.32 Å². The lowest BCUT2D eigenvalue weighted by atomic mass is 10.1. The molecule has 2 aromatic rings. The van der Waals surface area contributed by atoms with Gasteiger partial charge in [0.15, 0.2) is 0 Å². The third-order valence-corrected chi connectivity index (χ3v) is 3.82. The molecule has 0 aliphatic rings. The fourth-order valence-corrected chi connectivity index (χ4v) is 2.27.